The maximum absolute atomic E-state index is 12.7. The highest BCUT2D eigenvalue weighted by atomic mass is 28.3. The molecule has 0 saturated heterocycles. The molecule has 1 aromatic heterocycles. The van der Waals surface area contributed by atoms with Crippen LogP contribution in [0.15, 0.2) is 30.3 Å². The molecule has 29 heavy (non-hydrogen) atoms. The van der Waals surface area contributed by atoms with E-state index in [1.54, 1.807) is 25.5 Å². The minimum atomic E-state index is -1.45. The van der Waals surface area contributed by atoms with Gasteiger partial charge in [-0.15, -0.1) is 0 Å². The van der Waals surface area contributed by atoms with Gasteiger partial charge in [-0.3, -0.25) is 9.48 Å². The molecule has 0 amide bonds. The molecular weight excluding hydrogens is 378 g/mol. The molecule has 0 aliphatic rings. The molecule has 154 valence electrons. The van der Waals surface area contributed by atoms with Crippen LogP contribution in [0.4, 0.5) is 0 Å². The third kappa shape index (κ3) is 5.24. The van der Waals surface area contributed by atoms with Gasteiger partial charge in [-0.05, 0) is 46.2 Å². The van der Waals surface area contributed by atoms with Crippen molar-refractivity contribution in [3.63, 3.8) is 0 Å². The highest BCUT2D eigenvalue weighted by Crippen LogP contribution is 2.30. The quantitative estimate of drug-likeness (QED) is 0.310. The molecule has 0 bridgehead atoms. The fraction of sp³-hybridized carbons (Fsp3) is 0.435. The molecule has 0 atom stereocenters. The number of hydrogen-bond donors (Lipinski definition) is 0. The lowest BCUT2D eigenvalue weighted by atomic mass is 9.97. The lowest BCUT2D eigenvalue weighted by Crippen LogP contribution is -2.37. The van der Waals surface area contributed by atoms with Crippen LogP contribution in [0.5, 0.6) is 0 Å². The molecule has 1 heterocycles. The molecule has 5 nitrogen and oxygen atoms in total. The number of nitrogens with zero attached hydrogens (tertiary/aromatic N) is 3. The Bertz CT molecular complexity index is 966. The molecule has 0 unspecified atom stereocenters. The zero-order chi connectivity index (χ0) is 22.0. The molecule has 0 spiro atoms. The van der Waals surface area contributed by atoms with E-state index in [0.717, 1.165) is 11.3 Å². The summed E-state index contributed by atoms with van der Waals surface area (Å²) < 4.78 is 7.59. The average Bonchev–Trinajstić information content (AvgIpc) is 3.00. The van der Waals surface area contributed by atoms with Crippen LogP contribution in [0, 0.1) is 23.7 Å². The molecule has 0 aliphatic carbocycles. The number of rotatable bonds is 5. The van der Waals surface area contributed by atoms with Crippen molar-refractivity contribution >= 4 is 30.6 Å². The van der Waals surface area contributed by atoms with Gasteiger partial charge < -0.3 is 4.74 Å². The van der Waals surface area contributed by atoms with E-state index in [1.165, 1.54) is 5.19 Å². The SMILES string of the molecule is CCn1nc(C)cc1/C(OC(=O)C(C)(C)C)=C(\C#N)c1ccc([Si](C)(C)C)cc1. The maximum Gasteiger partial charge on any atom is 0.316 e. The Morgan fingerprint density at radius 1 is 1.21 bits per heavy atom. The van der Waals surface area contributed by atoms with E-state index < -0.39 is 13.5 Å². The summed E-state index contributed by atoms with van der Waals surface area (Å²) in [6, 6.07) is 12.1. The van der Waals surface area contributed by atoms with E-state index in [2.05, 4.69) is 42.9 Å². The number of ether oxygens (including phenoxy) is 1. The average molecular weight is 410 g/mol. The van der Waals surface area contributed by atoms with Crippen LogP contribution in [0.25, 0.3) is 11.3 Å². The summed E-state index contributed by atoms with van der Waals surface area (Å²) in [5.74, 6) is -0.129. The lowest BCUT2D eigenvalue weighted by Gasteiger charge is -2.20. The van der Waals surface area contributed by atoms with Gasteiger partial charge in [0.25, 0.3) is 0 Å². The van der Waals surface area contributed by atoms with Gasteiger partial charge in [0.1, 0.15) is 17.3 Å². The Labute approximate surface area is 175 Å². The summed E-state index contributed by atoms with van der Waals surface area (Å²) in [4.78, 5) is 12.7. The van der Waals surface area contributed by atoms with Gasteiger partial charge in [0.2, 0.25) is 0 Å². The molecule has 0 N–H and O–H groups in total. The van der Waals surface area contributed by atoms with Gasteiger partial charge in [-0.25, -0.2) is 0 Å². The van der Waals surface area contributed by atoms with E-state index in [9.17, 15) is 10.1 Å². The third-order valence-electron chi connectivity index (χ3n) is 4.62. The second-order valence-corrected chi connectivity index (χ2v) is 14.3. The third-order valence-corrected chi connectivity index (χ3v) is 6.69. The fourth-order valence-electron chi connectivity index (χ4n) is 2.83. The van der Waals surface area contributed by atoms with Gasteiger partial charge in [0.15, 0.2) is 5.76 Å². The van der Waals surface area contributed by atoms with Crippen LogP contribution in [-0.4, -0.2) is 23.8 Å². The van der Waals surface area contributed by atoms with Gasteiger partial charge in [-0.1, -0.05) is 49.1 Å². The predicted molar refractivity (Wildman–Crippen MR) is 120 cm³/mol. The van der Waals surface area contributed by atoms with Crippen LogP contribution >= 0.6 is 0 Å². The van der Waals surface area contributed by atoms with Crippen LogP contribution in [0.3, 0.4) is 0 Å². The van der Waals surface area contributed by atoms with Crippen molar-refractivity contribution in [1.82, 2.24) is 9.78 Å². The van der Waals surface area contributed by atoms with Gasteiger partial charge >= 0.3 is 5.97 Å². The number of nitriles is 1. The van der Waals surface area contributed by atoms with E-state index >= 15 is 0 Å². The highest BCUT2D eigenvalue weighted by molar-refractivity contribution is 6.88. The van der Waals surface area contributed by atoms with Crippen molar-refractivity contribution in [2.45, 2.75) is 60.8 Å². The highest BCUT2D eigenvalue weighted by Gasteiger charge is 2.28. The zero-order valence-electron chi connectivity index (χ0n) is 18.8. The molecular formula is C23H31N3O2Si. The molecule has 0 fully saturated rings. The van der Waals surface area contributed by atoms with Crippen LogP contribution < -0.4 is 5.19 Å². The molecule has 2 aromatic rings. The second-order valence-electron chi connectivity index (χ2n) is 9.27. The number of carbonyl (C=O) groups excluding carboxylic acids is 1. The first-order valence-corrected chi connectivity index (χ1v) is 13.4. The summed E-state index contributed by atoms with van der Waals surface area (Å²) in [5.41, 5.74) is 1.80. The first-order chi connectivity index (χ1) is 13.4. The lowest BCUT2D eigenvalue weighted by molar-refractivity contribution is -0.145. The van der Waals surface area contributed by atoms with Crippen molar-refractivity contribution in [3.05, 3.63) is 47.3 Å². The molecule has 1 aromatic carbocycles. The minimum absolute atomic E-state index is 0.260. The summed E-state index contributed by atoms with van der Waals surface area (Å²) in [5, 5.41) is 15.8. The van der Waals surface area contributed by atoms with Crippen LogP contribution in [-0.2, 0) is 16.1 Å². The normalized spacial score (nSPS) is 12.9. The van der Waals surface area contributed by atoms with Crippen LogP contribution in [0.2, 0.25) is 19.6 Å². The monoisotopic (exact) mass is 409 g/mol. The number of allylic oxidation sites excluding steroid dienone is 1. The molecule has 2 rings (SSSR count). The largest absolute Gasteiger partial charge is 0.422 e. The first-order valence-electron chi connectivity index (χ1n) is 9.91. The summed E-state index contributed by atoms with van der Waals surface area (Å²) in [6.07, 6.45) is 0. The van der Waals surface area contributed by atoms with E-state index in [4.69, 9.17) is 4.74 Å². The molecule has 0 aliphatic heterocycles. The number of benzene rings is 1. The summed E-state index contributed by atoms with van der Waals surface area (Å²) >= 11 is 0. The Hall–Kier alpha value is -2.65. The number of hydrogen-bond acceptors (Lipinski definition) is 4. The van der Waals surface area contributed by atoms with Crippen LogP contribution in [0.1, 0.15) is 44.6 Å². The number of esters is 1. The van der Waals surface area contributed by atoms with Gasteiger partial charge in [0.05, 0.1) is 19.2 Å². The smallest absolute Gasteiger partial charge is 0.316 e. The topological polar surface area (TPSA) is 67.9 Å². The van der Waals surface area contributed by atoms with E-state index in [0.29, 0.717) is 17.8 Å². The number of aryl methyl sites for hydroxylation is 2. The standard InChI is InChI=1S/C23H31N3O2Si/c1-9-26-20(14-16(2)25-26)21(28-22(27)23(3,4)5)19(15-24)17-10-12-18(13-11-17)29(6,7)8/h10-14H,9H2,1-8H3/b21-19-. The van der Waals surface area contributed by atoms with Gasteiger partial charge in [0, 0.05) is 6.54 Å². The Kier molecular flexibility index (Phi) is 6.54. The number of aromatic nitrogens is 2. The second kappa shape index (κ2) is 8.38. The summed E-state index contributed by atoms with van der Waals surface area (Å²) in [7, 11) is -1.45. The van der Waals surface area contributed by atoms with Crippen molar-refractivity contribution in [2.24, 2.45) is 5.41 Å². The first kappa shape index (κ1) is 22.6. The van der Waals surface area contributed by atoms with Crippen molar-refractivity contribution in [3.8, 4) is 6.07 Å². The van der Waals surface area contributed by atoms with E-state index in [1.807, 2.05) is 32.0 Å². The Morgan fingerprint density at radius 3 is 2.24 bits per heavy atom. The molecule has 6 heteroatoms. The van der Waals surface area contributed by atoms with Crippen molar-refractivity contribution in [2.75, 3.05) is 0 Å². The maximum atomic E-state index is 12.7. The number of carbonyl (C=O) groups is 1. The predicted octanol–water partition coefficient (Wildman–Crippen LogP) is 4.74. The molecule has 0 radical (unpaired) electrons. The summed E-state index contributed by atoms with van der Waals surface area (Å²) in [6.45, 7) is 16.7. The minimum Gasteiger partial charge on any atom is -0.422 e. The van der Waals surface area contributed by atoms with Crippen molar-refractivity contribution < 1.29 is 9.53 Å². The Balaban J connectivity index is 2.70. The molecule has 0 saturated carbocycles. The van der Waals surface area contributed by atoms with E-state index in [-0.39, 0.29) is 11.7 Å². The Morgan fingerprint density at radius 2 is 1.79 bits per heavy atom. The van der Waals surface area contributed by atoms with Gasteiger partial charge in [-0.2, -0.15) is 10.4 Å². The zero-order valence-corrected chi connectivity index (χ0v) is 19.8. The van der Waals surface area contributed by atoms with Crippen molar-refractivity contribution in [1.29, 1.82) is 5.26 Å². The fourth-order valence-corrected chi connectivity index (χ4v) is 4.00.